The number of halogens is 1. The van der Waals surface area contributed by atoms with E-state index in [0.717, 1.165) is 31.2 Å². The molecule has 7 unspecified atom stereocenters. The van der Waals surface area contributed by atoms with Gasteiger partial charge in [0.05, 0.1) is 6.10 Å². The average Bonchev–Trinajstić information content (AvgIpc) is 2.75. The Balaban J connectivity index is 1.67. The highest BCUT2D eigenvalue weighted by atomic mass is 35.5. The number of carbonyl (C=O) groups excluding carboxylic acids is 2. The molecule has 32 heavy (non-hydrogen) atoms. The van der Waals surface area contributed by atoms with Gasteiger partial charge in [-0.15, -0.1) is 0 Å². The number of aliphatic hydroxyl groups is 1. The van der Waals surface area contributed by atoms with Gasteiger partial charge in [0.2, 0.25) is 11.8 Å². The first kappa shape index (κ1) is 25.0. The van der Waals surface area contributed by atoms with Crippen molar-refractivity contribution in [3.05, 3.63) is 34.9 Å². The Morgan fingerprint density at radius 2 is 1.97 bits per heavy atom. The van der Waals surface area contributed by atoms with Crippen LogP contribution in [0.2, 0.25) is 5.02 Å². The van der Waals surface area contributed by atoms with Gasteiger partial charge in [-0.05, 0) is 60.5 Å². The third-order valence-corrected chi connectivity index (χ3v) is 8.34. The van der Waals surface area contributed by atoms with Crippen LogP contribution in [0.4, 0.5) is 0 Å². The maximum atomic E-state index is 12.9. The van der Waals surface area contributed by atoms with Gasteiger partial charge in [0, 0.05) is 30.6 Å². The summed E-state index contributed by atoms with van der Waals surface area (Å²) in [5, 5.41) is 18.2. The van der Waals surface area contributed by atoms with Crippen molar-refractivity contribution in [1.29, 1.82) is 0 Å². The quantitative estimate of drug-likeness (QED) is 0.575. The Morgan fingerprint density at radius 3 is 2.66 bits per heavy atom. The SMILES string of the molecule is COCC(=O)NC1CCC2(C)CCC(C(C)C(=O)NCc3ccccc3Cl)C(O)C2C1C. The van der Waals surface area contributed by atoms with E-state index < -0.39 is 6.10 Å². The molecule has 7 heteroatoms. The molecule has 2 amide bonds. The summed E-state index contributed by atoms with van der Waals surface area (Å²) in [6.07, 6.45) is 3.06. The molecular formula is C25H37ClN2O4. The van der Waals surface area contributed by atoms with E-state index in [1.807, 2.05) is 31.2 Å². The van der Waals surface area contributed by atoms with Crippen molar-refractivity contribution in [1.82, 2.24) is 10.6 Å². The van der Waals surface area contributed by atoms with Crippen molar-refractivity contribution in [2.45, 2.75) is 65.1 Å². The number of amides is 2. The van der Waals surface area contributed by atoms with Gasteiger partial charge in [-0.1, -0.05) is 50.6 Å². The molecule has 2 saturated carbocycles. The minimum Gasteiger partial charge on any atom is -0.392 e. The topological polar surface area (TPSA) is 87.7 Å². The summed E-state index contributed by atoms with van der Waals surface area (Å²) < 4.78 is 4.95. The lowest BCUT2D eigenvalue weighted by Crippen LogP contribution is -2.58. The second kappa shape index (κ2) is 10.5. The zero-order chi connectivity index (χ0) is 23.5. The van der Waals surface area contributed by atoms with Gasteiger partial charge in [-0.2, -0.15) is 0 Å². The first-order valence-electron chi connectivity index (χ1n) is 11.7. The molecule has 0 bridgehead atoms. The van der Waals surface area contributed by atoms with Gasteiger partial charge in [-0.3, -0.25) is 9.59 Å². The Morgan fingerprint density at radius 1 is 1.28 bits per heavy atom. The number of hydrogen-bond acceptors (Lipinski definition) is 4. The van der Waals surface area contributed by atoms with Crippen LogP contribution in [-0.4, -0.2) is 42.8 Å². The highest BCUT2D eigenvalue weighted by Crippen LogP contribution is 2.55. The van der Waals surface area contributed by atoms with Crippen molar-refractivity contribution >= 4 is 23.4 Å². The molecule has 1 aromatic rings. The van der Waals surface area contributed by atoms with E-state index in [-0.39, 0.29) is 53.5 Å². The van der Waals surface area contributed by atoms with Crippen molar-refractivity contribution in [3.63, 3.8) is 0 Å². The van der Waals surface area contributed by atoms with Gasteiger partial charge >= 0.3 is 0 Å². The molecule has 0 saturated heterocycles. The minimum absolute atomic E-state index is 0.00785. The fourth-order valence-corrected chi connectivity index (χ4v) is 6.26. The predicted octanol–water partition coefficient (Wildman–Crippen LogP) is 3.55. The van der Waals surface area contributed by atoms with Crippen LogP contribution in [0, 0.1) is 29.1 Å². The Bertz CT molecular complexity index is 819. The van der Waals surface area contributed by atoms with Gasteiger partial charge in [-0.25, -0.2) is 0 Å². The summed E-state index contributed by atoms with van der Waals surface area (Å²) in [6.45, 7) is 6.69. The standard InChI is InChI=1S/C25H37ClN2O4/c1-15(24(31)27-13-17-7-5-6-8-19(17)26)18-9-11-25(3)12-10-20(28-21(29)14-32-4)16(2)22(25)23(18)30/h5-8,15-16,18,20,22-23,30H,9-14H2,1-4H3,(H,27,31)(H,28,29). The van der Waals surface area contributed by atoms with E-state index in [1.54, 1.807) is 0 Å². The lowest BCUT2D eigenvalue weighted by atomic mass is 9.51. The summed E-state index contributed by atoms with van der Waals surface area (Å²) in [5.74, 6) is -0.469. The Labute approximate surface area is 196 Å². The number of aliphatic hydroxyl groups excluding tert-OH is 1. The second-order valence-electron chi connectivity index (χ2n) is 9.98. The number of carbonyl (C=O) groups is 2. The molecule has 2 fully saturated rings. The largest absolute Gasteiger partial charge is 0.392 e. The minimum atomic E-state index is -0.591. The molecule has 0 aromatic heterocycles. The highest BCUT2D eigenvalue weighted by Gasteiger charge is 2.53. The molecule has 3 N–H and O–H groups in total. The first-order chi connectivity index (χ1) is 15.2. The predicted molar refractivity (Wildman–Crippen MR) is 125 cm³/mol. The number of ether oxygens (including phenoxy) is 1. The van der Waals surface area contributed by atoms with E-state index in [4.69, 9.17) is 16.3 Å². The molecule has 0 heterocycles. The number of methoxy groups -OCH3 is 1. The summed E-state index contributed by atoms with van der Waals surface area (Å²) >= 11 is 6.21. The first-order valence-corrected chi connectivity index (χ1v) is 12.0. The highest BCUT2D eigenvalue weighted by molar-refractivity contribution is 6.31. The van der Waals surface area contributed by atoms with Crippen LogP contribution in [0.15, 0.2) is 24.3 Å². The Kier molecular flexibility index (Phi) is 8.23. The van der Waals surface area contributed by atoms with Crippen LogP contribution in [0.1, 0.15) is 52.0 Å². The van der Waals surface area contributed by atoms with E-state index in [0.29, 0.717) is 11.6 Å². The molecule has 3 rings (SSSR count). The van der Waals surface area contributed by atoms with E-state index in [9.17, 15) is 14.7 Å². The van der Waals surface area contributed by atoms with Crippen molar-refractivity contribution in [3.8, 4) is 0 Å². The molecular weight excluding hydrogens is 428 g/mol. The van der Waals surface area contributed by atoms with E-state index in [2.05, 4.69) is 24.5 Å². The van der Waals surface area contributed by atoms with Crippen LogP contribution >= 0.6 is 11.6 Å². The lowest BCUT2D eigenvalue weighted by molar-refractivity contribution is -0.144. The second-order valence-corrected chi connectivity index (χ2v) is 10.4. The fraction of sp³-hybridized carbons (Fsp3) is 0.680. The molecule has 0 aliphatic heterocycles. The zero-order valence-electron chi connectivity index (χ0n) is 19.6. The van der Waals surface area contributed by atoms with Crippen molar-refractivity contribution in [2.75, 3.05) is 13.7 Å². The summed E-state index contributed by atoms with van der Waals surface area (Å²) in [5.41, 5.74) is 0.896. The maximum Gasteiger partial charge on any atom is 0.246 e. The Hall–Kier alpha value is -1.63. The molecule has 0 radical (unpaired) electrons. The molecule has 2 aliphatic rings. The van der Waals surface area contributed by atoms with Crippen molar-refractivity contribution in [2.24, 2.45) is 29.1 Å². The van der Waals surface area contributed by atoms with E-state index in [1.165, 1.54) is 7.11 Å². The number of nitrogens with one attached hydrogen (secondary N) is 2. The monoisotopic (exact) mass is 464 g/mol. The van der Waals surface area contributed by atoms with Gasteiger partial charge in [0.1, 0.15) is 6.61 Å². The third kappa shape index (κ3) is 5.29. The number of fused-ring (bicyclic) bond motifs is 1. The number of hydrogen-bond donors (Lipinski definition) is 3. The lowest BCUT2D eigenvalue weighted by Gasteiger charge is -2.56. The van der Waals surface area contributed by atoms with Crippen LogP contribution < -0.4 is 10.6 Å². The van der Waals surface area contributed by atoms with Crippen LogP contribution in [-0.2, 0) is 20.9 Å². The van der Waals surface area contributed by atoms with Gasteiger partial charge < -0.3 is 20.5 Å². The summed E-state index contributed by atoms with van der Waals surface area (Å²) in [7, 11) is 1.51. The fourth-order valence-electron chi connectivity index (χ4n) is 6.06. The maximum absolute atomic E-state index is 12.9. The third-order valence-electron chi connectivity index (χ3n) is 7.98. The van der Waals surface area contributed by atoms with E-state index >= 15 is 0 Å². The van der Waals surface area contributed by atoms with Gasteiger partial charge in [0.15, 0.2) is 0 Å². The van der Waals surface area contributed by atoms with Crippen LogP contribution in [0.3, 0.4) is 0 Å². The smallest absolute Gasteiger partial charge is 0.246 e. The molecule has 7 atom stereocenters. The van der Waals surface area contributed by atoms with Crippen molar-refractivity contribution < 1.29 is 19.4 Å². The summed E-state index contributed by atoms with van der Waals surface area (Å²) in [4.78, 5) is 25.0. The summed E-state index contributed by atoms with van der Waals surface area (Å²) in [6, 6.07) is 7.48. The normalized spacial score (nSPS) is 33.1. The molecule has 1 aromatic carbocycles. The average molecular weight is 465 g/mol. The van der Waals surface area contributed by atoms with Crippen LogP contribution in [0.5, 0.6) is 0 Å². The number of rotatable bonds is 7. The molecule has 6 nitrogen and oxygen atoms in total. The number of benzene rings is 1. The van der Waals surface area contributed by atoms with Gasteiger partial charge in [0.25, 0.3) is 0 Å². The zero-order valence-corrected chi connectivity index (χ0v) is 20.3. The van der Waals surface area contributed by atoms with Crippen LogP contribution in [0.25, 0.3) is 0 Å². The molecule has 178 valence electrons. The molecule has 0 spiro atoms. The molecule has 2 aliphatic carbocycles.